The molecule has 110 valence electrons. The highest BCUT2D eigenvalue weighted by Gasteiger charge is 2.26. The first kappa shape index (κ1) is 13.5. The van der Waals surface area contributed by atoms with E-state index >= 15 is 0 Å². The minimum Gasteiger partial charge on any atom is -0.465 e. The molecule has 1 heterocycles. The molecule has 6 heteroatoms. The van der Waals surface area contributed by atoms with Crippen LogP contribution in [0.4, 0.5) is 11.6 Å². The smallest absolute Gasteiger partial charge is 0.345 e. The van der Waals surface area contributed by atoms with E-state index < -0.39 is 5.97 Å². The molecule has 1 saturated carbocycles. The molecule has 0 aliphatic heterocycles. The lowest BCUT2D eigenvalue weighted by atomic mass is 10.2. The number of hydrogen-bond donors (Lipinski definition) is 2. The van der Waals surface area contributed by atoms with E-state index in [0.717, 1.165) is 12.2 Å². The summed E-state index contributed by atoms with van der Waals surface area (Å²) in [5.41, 5.74) is 7.19. The standard InChI is InChI=1S/C15H18N4O2/c1-21-15(20)12-13(16)19(11-5-3-2-4-6-11)18-14(12)17-9-10-7-8-10/h2-6,10H,7-9,16H2,1H3,(H,17,18). The van der Waals surface area contributed by atoms with Crippen LogP contribution >= 0.6 is 0 Å². The van der Waals surface area contributed by atoms with Crippen molar-refractivity contribution >= 4 is 17.6 Å². The number of anilines is 2. The molecule has 1 aliphatic rings. The number of nitrogens with two attached hydrogens (primary N) is 1. The summed E-state index contributed by atoms with van der Waals surface area (Å²) in [6.45, 7) is 0.801. The summed E-state index contributed by atoms with van der Waals surface area (Å²) in [5, 5.41) is 7.64. The number of carbonyl (C=O) groups excluding carboxylic acids is 1. The Balaban J connectivity index is 1.98. The number of esters is 1. The zero-order valence-corrected chi connectivity index (χ0v) is 11.9. The Morgan fingerprint density at radius 1 is 1.43 bits per heavy atom. The van der Waals surface area contributed by atoms with Crippen LogP contribution in [0, 0.1) is 5.92 Å². The van der Waals surface area contributed by atoms with Gasteiger partial charge in [-0.2, -0.15) is 0 Å². The number of hydrogen-bond acceptors (Lipinski definition) is 5. The average molecular weight is 286 g/mol. The van der Waals surface area contributed by atoms with Crippen molar-refractivity contribution in [2.45, 2.75) is 12.8 Å². The number of carbonyl (C=O) groups is 1. The van der Waals surface area contributed by atoms with Crippen molar-refractivity contribution in [3.05, 3.63) is 35.9 Å². The number of ether oxygens (including phenoxy) is 1. The number of para-hydroxylation sites is 1. The van der Waals surface area contributed by atoms with Gasteiger partial charge in [0.2, 0.25) is 0 Å². The molecule has 1 aromatic heterocycles. The van der Waals surface area contributed by atoms with Gasteiger partial charge in [0.1, 0.15) is 11.4 Å². The molecule has 6 nitrogen and oxygen atoms in total. The summed E-state index contributed by atoms with van der Waals surface area (Å²) in [4.78, 5) is 12.0. The molecule has 0 unspecified atom stereocenters. The predicted octanol–water partition coefficient (Wildman–Crippen LogP) is 2.06. The Bertz CT molecular complexity index is 647. The van der Waals surface area contributed by atoms with E-state index in [0.29, 0.717) is 17.3 Å². The van der Waals surface area contributed by atoms with Gasteiger partial charge < -0.3 is 15.8 Å². The van der Waals surface area contributed by atoms with Crippen molar-refractivity contribution in [2.75, 3.05) is 24.7 Å². The Kier molecular flexibility index (Phi) is 3.51. The van der Waals surface area contributed by atoms with Gasteiger partial charge in [-0.15, -0.1) is 5.10 Å². The maximum Gasteiger partial charge on any atom is 0.345 e. The number of nitrogens with zero attached hydrogens (tertiary/aromatic N) is 2. The number of rotatable bonds is 5. The van der Waals surface area contributed by atoms with Crippen LogP contribution in [0.1, 0.15) is 23.2 Å². The van der Waals surface area contributed by atoms with E-state index in [1.54, 1.807) is 4.68 Å². The number of methoxy groups -OCH3 is 1. The fourth-order valence-corrected chi connectivity index (χ4v) is 2.19. The first-order valence-corrected chi connectivity index (χ1v) is 6.96. The van der Waals surface area contributed by atoms with E-state index in [-0.39, 0.29) is 5.82 Å². The first-order valence-electron chi connectivity index (χ1n) is 6.96. The highest BCUT2D eigenvalue weighted by atomic mass is 16.5. The summed E-state index contributed by atoms with van der Waals surface area (Å²) in [6, 6.07) is 9.47. The Morgan fingerprint density at radius 2 is 2.14 bits per heavy atom. The molecular weight excluding hydrogens is 268 g/mol. The van der Waals surface area contributed by atoms with Crippen molar-refractivity contribution in [3.8, 4) is 5.69 Å². The van der Waals surface area contributed by atoms with Crippen molar-refractivity contribution in [1.29, 1.82) is 0 Å². The summed E-state index contributed by atoms with van der Waals surface area (Å²) in [6.07, 6.45) is 2.44. The second-order valence-corrected chi connectivity index (χ2v) is 5.17. The van der Waals surface area contributed by atoms with Gasteiger partial charge in [-0.1, -0.05) is 18.2 Å². The van der Waals surface area contributed by atoms with Crippen LogP contribution in [0.2, 0.25) is 0 Å². The van der Waals surface area contributed by atoms with Gasteiger partial charge in [-0.05, 0) is 30.9 Å². The molecule has 3 N–H and O–H groups in total. The predicted molar refractivity (Wildman–Crippen MR) is 80.5 cm³/mol. The van der Waals surface area contributed by atoms with Crippen LogP contribution in [-0.4, -0.2) is 29.4 Å². The Morgan fingerprint density at radius 3 is 2.76 bits per heavy atom. The van der Waals surface area contributed by atoms with Gasteiger partial charge >= 0.3 is 5.97 Å². The van der Waals surface area contributed by atoms with E-state index in [4.69, 9.17) is 10.5 Å². The largest absolute Gasteiger partial charge is 0.465 e. The lowest BCUT2D eigenvalue weighted by Gasteiger charge is -2.04. The number of nitrogens with one attached hydrogen (secondary N) is 1. The van der Waals surface area contributed by atoms with Gasteiger partial charge in [-0.25, -0.2) is 9.48 Å². The van der Waals surface area contributed by atoms with Gasteiger partial charge in [0, 0.05) is 6.54 Å². The number of nitrogen functional groups attached to an aromatic ring is 1. The van der Waals surface area contributed by atoms with Crippen molar-refractivity contribution in [2.24, 2.45) is 5.92 Å². The zero-order chi connectivity index (χ0) is 14.8. The van der Waals surface area contributed by atoms with Gasteiger partial charge in [0.25, 0.3) is 0 Å². The Labute approximate surface area is 122 Å². The van der Waals surface area contributed by atoms with Crippen LogP contribution in [0.15, 0.2) is 30.3 Å². The molecule has 0 radical (unpaired) electrons. The van der Waals surface area contributed by atoms with Crippen LogP contribution in [0.3, 0.4) is 0 Å². The van der Waals surface area contributed by atoms with Crippen LogP contribution < -0.4 is 11.1 Å². The van der Waals surface area contributed by atoms with E-state index in [1.165, 1.54) is 20.0 Å². The van der Waals surface area contributed by atoms with Crippen molar-refractivity contribution < 1.29 is 9.53 Å². The normalized spacial score (nSPS) is 14.0. The fourth-order valence-electron chi connectivity index (χ4n) is 2.19. The molecular formula is C15H18N4O2. The third-order valence-electron chi connectivity index (χ3n) is 3.57. The second-order valence-electron chi connectivity index (χ2n) is 5.17. The van der Waals surface area contributed by atoms with E-state index in [2.05, 4.69) is 10.4 Å². The number of benzene rings is 1. The van der Waals surface area contributed by atoms with Crippen LogP contribution in [0.5, 0.6) is 0 Å². The number of aromatic nitrogens is 2. The van der Waals surface area contributed by atoms with Crippen LogP contribution in [0.25, 0.3) is 5.69 Å². The molecule has 21 heavy (non-hydrogen) atoms. The molecule has 0 spiro atoms. The molecule has 0 amide bonds. The third kappa shape index (κ3) is 2.69. The zero-order valence-electron chi connectivity index (χ0n) is 11.9. The van der Waals surface area contributed by atoms with E-state index in [1.807, 2.05) is 30.3 Å². The molecule has 2 aromatic rings. The van der Waals surface area contributed by atoms with Gasteiger partial charge in [0.15, 0.2) is 5.82 Å². The van der Waals surface area contributed by atoms with Gasteiger partial charge in [-0.3, -0.25) is 0 Å². The SMILES string of the molecule is COC(=O)c1c(NCC2CC2)nn(-c2ccccc2)c1N. The third-order valence-corrected chi connectivity index (χ3v) is 3.57. The monoisotopic (exact) mass is 286 g/mol. The second kappa shape index (κ2) is 5.47. The summed E-state index contributed by atoms with van der Waals surface area (Å²) >= 11 is 0. The van der Waals surface area contributed by atoms with Gasteiger partial charge in [0.05, 0.1) is 12.8 Å². The molecule has 1 fully saturated rings. The quantitative estimate of drug-likeness (QED) is 0.822. The fraction of sp³-hybridized carbons (Fsp3) is 0.333. The lowest BCUT2D eigenvalue weighted by Crippen LogP contribution is -2.10. The highest BCUT2D eigenvalue weighted by molar-refractivity contribution is 5.99. The highest BCUT2D eigenvalue weighted by Crippen LogP contribution is 2.31. The Hall–Kier alpha value is -2.50. The molecule has 1 aliphatic carbocycles. The summed E-state index contributed by atoms with van der Waals surface area (Å²) in [7, 11) is 1.34. The first-order chi connectivity index (χ1) is 10.2. The molecule has 0 atom stereocenters. The lowest BCUT2D eigenvalue weighted by molar-refractivity contribution is 0.0603. The minimum atomic E-state index is -0.479. The minimum absolute atomic E-state index is 0.284. The summed E-state index contributed by atoms with van der Waals surface area (Å²) in [5.74, 6) is 0.952. The maximum atomic E-state index is 12.0. The molecule has 0 bridgehead atoms. The molecule has 3 rings (SSSR count). The summed E-state index contributed by atoms with van der Waals surface area (Å²) < 4.78 is 6.37. The van der Waals surface area contributed by atoms with Crippen LogP contribution in [-0.2, 0) is 4.74 Å². The molecule has 1 aromatic carbocycles. The topological polar surface area (TPSA) is 82.2 Å². The maximum absolute atomic E-state index is 12.0. The molecule has 0 saturated heterocycles. The average Bonchev–Trinajstić information content (AvgIpc) is 3.28. The van der Waals surface area contributed by atoms with Crippen molar-refractivity contribution in [1.82, 2.24) is 9.78 Å². The van der Waals surface area contributed by atoms with E-state index in [9.17, 15) is 4.79 Å². The van der Waals surface area contributed by atoms with Crippen molar-refractivity contribution in [3.63, 3.8) is 0 Å².